The molecule has 2 amide bonds. The number of carbonyl (C=O) groups excluding carboxylic acids is 2. The quantitative estimate of drug-likeness (QED) is 0.749. The van der Waals surface area contributed by atoms with E-state index in [2.05, 4.69) is 0 Å². The third kappa shape index (κ3) is 4.81. The summed E-state index contributed by atoms with van der Waals surface area (Å²) in [7, 11) is 0. The molecule has 0 spiro atoms. The Morgan fingerprint density at radius 2 is 1.30 bits per heavy atom. The van der Waals surface area contributed by atoms with Crippen molar-refractivity contribution in [2.24, 2.45) is 5.92 Å². The highest BCUT2D eigenvalue weighted by Gasteiger charge is 2.24. The van der Waals surface area contributed by atoms with Crippen LogP contribution in [0.5, 0.6) is 5.75 Å². The van der Waals surface area contributed by atoms with Crippen LogP contribution in [0.3, 0.4) is 0 Å². The zero-order valence-corrected chi connectivity index (χ0v) is 17.1. The van der Waals surface area contributed by atoms with Crippen LogP contribution in [-0.4, -0.2) is 54.4 Å². The van der Waals surface area contributed by atoms with Gasteiger partial charge in [0, 0.05) is 37.3 Å². The summed E-state index contributed by atoms with van der Waals surface area (Å²) in [6, 6.07) is 13.1. The van der Waals surface area contributed by atoms with Gasteiger partial charge in [0.05, 0.1) is 6.61 Å². The highest BCUT2D eigenvalue weighted by atomic mass is 19.1. The van der Waals surface area contributed by atoms with E-state index in [1.165, 1.54) is 24.3 Å². The molecule has 2 aromatic carbocycles. The average Bonchev–Trinajstić information content (AvgIpc) is 3.33. The molecule has 0 unspecified atom stereocenters. The number of carbonyl (C=O) groups is 2. The number of nitrogens with zero attached hydrogens (tertiary/aromatic N) is 2. The molecule has 0 aliphatic carbocycles. The molecule has 2 aliphatic rings. The average molecular weight is 410 g/mol. The minimum Gasteiger partial charge on any atom is -0.493 e. The summed E-state index contributed by atoms with van der Waals surface area (Å²) in [5.41, 5.74) is 1.23. The fraction of sp³-hybridized carbons (Fsp3) is 0.417. The topological polar surface area (TPSA) is 49.9 Å². The molecule has 2 saturated heterocycles. The summed E-state index contributed by atoms with van der Waals surface area (Å²) >= 11 is 0. The summed E-state index contributed by atoms with van der Waals surface area (Å²) in [6.45, 7) is 3.64. The van der Waals surface area contributed by atoms with E-state index in [9.17, 15) is 14.0 Å². The SMILES string of the molecule is O=C(c1ccc(OCC2CCN(C(=O)c3ccc(F)cc3)CC2)cc1)N1CCCC1. The van der Waals surface area contributed by atoms with E-state index < -0.39 is 0 Å². The fourth-order valence-corrected chi connectivity index (χ4v) is 4.09. The van der Waals surface area contributed by atoms with Crippen LogP contribution in [0.2, 0.25) is 0 Å². The number of hydrogen-bond donors (Lipinski definition) is 0. The Bertz CT molecular complexity index is 868. The summed E-state index contributed by atoms with van der Waals surface area (Å²) in [4.78, 5) is 28.6. The van der Waals surface area contributed by atoms with Crippen molar-refractivity contribution in [1.82, 2.24) is 9.80 Å². The van der Waals surface area contributed by atoms with Crippen molar-refractivity contribution in [3.63, 3.8) is 0 Å². The standard InChI is InChI=1S/C24H27FN2O3/c25-21-7-3-19(4-8-21)24(29)27-15-11-18(12-16-27)17-30-22-9-5-20(6-10-22)23(28)26-13-1-2-14-26/h3-10,18H,1-2,11-17H2. The Hall–Kier alpha value is -2.89. The van der Waals surface area contributed by atoms with Crippen LogP contribution in [-0.2, 0) is 0 Å². The van der Waals surface area contributed by atoms with Crippen LogP contribution >= 0.6 is 0 Å². The summed E-state index contributed by atoms with van der Waals surface area (Å²) < 4.78 is 19.0. The molecule has 5 nitrogen and oxygen atoms in total. The Labute approximate surface area is 176 Å². The molecule has 6 heteroatoms. The van der Waals surface area contributed by atoms with E-state index in [1.807, 2.05) is 34.1 Å². The van der Waals surface area contributed by atoms with Crippen molar-refractivity contribution in [2.45, 2.75) is 25.7 Å². The first-order valence-electron chi connectivity index (χ1n) is 10.7. The molecule has 0 atom stereocenters. The molecule has 2 aromatic rings. The number of amides is 2. The van der Waals surface area contributed by atoms with Crippen molar-refractivity contribution >= 4 is 11.8 Å². The monoisotopic (exact) mass is 410 g/mol. The van der Waals surface area contributed by atoms with E-state index in [-0.39, 0.29) is 17.6 Å². The molecule has 2 aliphatic heterocycles. The van der Waals surface area contributed by atoms with Gasteiger partial charge < -0.3 is 14.5 Å². The maximum atomic E-state index is 13.0. The Morgan fingerprint density at radius 1 is 0.800 bits per heavy atom. The number of halogens is 1. The lowest BCUT2D eigenvalue weighted by Crippen LogP contribution is -2.39. The predicted molar refractivity (Wildman–Crippen MR) is 112 cm³/mol. The number of ether oxygens (including phenoxy) is 1. The van der Waals surface area contributed by atoms with Crippen molar-refractivity contribution in [3.8, 4) is 5.75 Å². The summed E-state index contributed by atoms with van der Waals surface area (Å²) in [5.74, 6) is 0.853. The number of piperidine rings is 1. The third-order valence-corrected chi connectivity index (χ3v) is 5.97. The second-order valence-corrected chi connectivity index (χ2v) is 8.08. The van der Waals surface area contributed by atoms with Gasteiger partial charge in [0.2, 0.25) is 0 Å². The van der Waals surface area contributed by atoms with Gasteiger partial charge in [0.15, 0.2) is 0 Å². The molecule has 158 valence electrons. The molecule has 0 N–H and O–H groups in total. The van der Waals surface area contributed by atoms with E-state index in [0.717, 1.165) is 44.5 Å². The molecular formula is C24H27FN2O3. The van der Waals surface area contributed by atoms with Crippen molar-refractivity contribution in [3.05, 3.63) is 65.5 Å². The van der Waals surface area contributed by atoms with Gasteiger partial charge in [0.1, 0.15) is 11.6 Å². The fourth-order valence-electron chi connectivity index (χ4n) is 4.09. The highest BCUT2D eigenvalue weighted by Crippen LogP contribution is 2.22. The molecule has 30 heavy (non-hydrogen) atoms. The Balaban J connectivity index is 1.23. The minimum absolute atomic E-state index is 0.0485. The minimum atomic E-state index is -0.337. The van der Waals surface area contributed by atoms with E-state index in [0.29, 0.717) is 36.7 Å². The number of hydrogen-bond acceptors (Lipinski definition) is 3. The van der Waals surface area contributed by atoms with E-state index in [1.54, 1.807) is 0 Å². The molecule has 0 radical (unpaired) electrons. The van der Waals surface area contributed by atoms with Crippen LogP contribution in [0.25, 0.3) is 0 Å². The van der Waals surface area contributed by atoms with Gasteiger partial charge in [-0.3, -0.25) is 9.59 Å². The normalized spacial score (nSPS) is 17.2. The van der Waals surface area contributed by atoms with Crippen LogP contribution < -0.4 is 4.74 Å². The highest BCUT2D eigenvalue weighted by molar-refractivity contribution is 5.94. The van der Waals surface area contributed by atoms with Gasteiger partial charge in [0.25, 0.3) is 11.8 Å². The maximum absolute atomic E-state index is 13.0. The van der Waals surface area contributed by atoms with Crippen molar-refractivity contribution < 1.29 is 18.7 Å². The second kappa shape index (κ2) is 9.28. The largest absolute Gasteiger partial charge is 0.493 e. The Kier molecular flexibility index (Phi) is 6.31. The summed E-state index contributed by atoms with van der Waals surface area (Å²) in [5, 5.41) is 0. The second-order valence-electron chi connectivity index (χ2n) is 8.08. The Morgan fingerprint density at radius 3 is 1.87 bits per heavy atom. The van der Waals surface area contributed by atoms with Gasteiger partial charge in [-0.15, -0.1) is 0 Å². The first kappa shape index (κ1) is 20.4. The third-order valence-electron chi connectivity index (χ3n) is 5.97. The zero-order valence-electron chi connectivity index (χ0n) is 17.1. The first-order chi connectivity index (χ1) is 14.6. The van der Waals surface area contributed by atoms with Gasteiger partial charge in [-0.1, -0.05) is 0 Å². The number of rotatable bonds is 5. The molecule has 0 aromatic heterocycles. The molecule has 4 rings (SSSR count). The van der Waals surface area contributed by atoms with Crippen molar-refractivity contribution in [1.29, 1.82) is 0 Å². The van der Waals surface area contributed by atoms with Crippen molar-refractivity contribution in [2.75, 3.05) is 32.8 Å². The van der Waals surface area contributed by atoms with E-state index >= 15 is 0 Å². The lowest BCUT2D eigenvalue weighted by atomic mass is 9.97. The number of likely N-dealkylation sites (tertiary alicyclic amines) is 2. The molecule has 0 bridgehead atoms. The lowest BCUT2D eigenvalue weighted by Gasteiger charge is -2.32. The van der Waals surface area contributed by atoms with Crippen LogP contribution in [0, 0.1) is 11.7 Å². The van der Waals surface area contributed by atoms with Crippen LogP contribution in [0.1, 0.15) is 46.4 Å². The number of benzene rings is 2. The van der Waals surface area contributed by atoms with Gasteiger partial charge >= 0.3 is 0 Å². The van der Waals surface area contributed by atoms with Gasteiger partial charge in [-0.2, -0.15) is 0 Å². The molecule has 0 saturated carbocycles. The first-order valence-corrected chi connectivity index (χ1v) is 10.7. The van der Waals surface area contributed by atoms with Crippen LogP contribution in [0.15, 0.2) is 48.5 Å². The van der Waals surface area contributed by atoms with E-state index in [4.69, 9.17) is 4.74 Å². The molecular weight excluding hydrogens is 383 g/mol. The molecule has 2 heterocycles. The smallest absolute Gasteiger partial charge is 0.253 e. The van der Waals surface area contributed by atoms with Crippen LogP contribution in [0.4, 0.5) is 4.39 Å². The maximum Gasteiger partial charge on any atom is 0.253 e. The van der Waals surface area contributed by atoms with Gasteiger partial charge in [-0.05, 0) is 80.1 Å². The zero-order chi connectivity index (χ0) is 20.9. The predicted octanol–water partition coefficient (Wildman–Crippen LogP) is 3.99. The summed E-state index contributed by atoms with van der Waals surface area (Å²) in [6.07, 6.45) is 3.92. The van der Waals surface area contributed by atoms with Gasteiger partial charge in [-0.25, -0.2) is 4.39 Å². The lowest BCUT2D eigenvalue weighted by molar-refractivity contribution is 0.0660. The molecule has 2 fully saturated rings.